The molecule has 0 saturated carbocycles. The fourth-order valence-corrected chi connectivity index (χ4v) is 3.09. The highest BCUT2D eigenvalue weighted by atomic mass is 79.9. The van der Waals surface area contributed by atoms with E-state index in [4.69, 9.17) is 16.3 Å². The van der Waals surface area contributed by atoms with Crippen molar-refractivity contribution < 1.29 is 4.74 Å². The van der Waals surface area contributed by atoms with Crippen LogP contribution < -0.4 is 0 Å². The minimum atomic E-state index is 0.451. The average Bonchev–Trinajstić information content (AvgIpc) is 2.35. The Morgan fingerprint density at radius 1 is 1.39 bits per heavy atom. The van der Waals surface area contributed by atoms with Crippen molar-refractivity contribution in [1.29, 1.82) is 0 Å². The topological polar surface area (TPSA) is 12.5 Å². The van der Waals surface area contributed by atoms with Gasteiger partial charge in [0.2, 0.25) is 0 Å². The van der Waals surface area contributed by atoms with Crippen LogP contribution in [0, 0.1) is 0 Å². The summed E-state index contributed by atoms with van der Waals surface area (Å²) < 4.78 is 6.70. The molecule has 2 nitrogen and oxygen atoms in total. The van der Waals surface area contributed by atoms with E-state index in [-0.39, 0.29) is 0 Å². The Kier molecular flexibility index (Phi) is 5.49. The molecule has 1 aromatic rings. The number of rotatable bonds is 4. The third-order valence-electron chi connectivity index (χ3n) is 3.35. The van der Waals surface area contributed by atoms with Gasteiger partial charge in [0.25, 0.3) is 0 Å². The van der Waals surface area contributed by atoms with Gasteiger partial charge in [-0.3, -0.25) is 4.90 Å². The lowest BCUT2D eigenvalue weighted by Gasteiger charge is -2.31. The SMILES string of the molecule is CCOC1CCN(Cc2ccc(Br)cc2Cl)CC1. The van der Waals surface area contributed by atoms with E-state index >= 15 is 0 Å². The molecule has 0 bridgehead atoms. The van der Waals surface area contributed by atoms with Crippen LogP contribution in [0.25, 0.3) is 0 Å². The Morgan fingerprint density at radius 3 is 2.72 bits per heavy atom. The molecule has 1 heterocycles. The summed E-state index contributed by atoms with van der Waals surface area (Å²) in [5.41, 5.74) is 1.20. The normalized spacial score (nSPS) is 18.2. The lowest BCUT2D eigenvalue weighted by atomic mass is 10.1. The molecule has 0 radical (unpaired) electrons. The molecule has 1 fully saturated rings. The van der Waals surface area contributed by atoms with Crippen LogP contribution in [0.5, 0.6) is 0 Å². The Bertz CT molecular complexity index is 391. The second-order valence-electron chi connectivity index (χ2n) is 4.67. The van der Waals surface area contributed by atoms with E-state index in [1.165, 1.54) is 5.56 Å². The monoisotopic (exact) mass is 331 g/mol. The Morgan fingerprint density at radius 2 is 2.11 bits per heavy atom. The first-order valence-electron chi connectivity index (χ1n) is 6.47. The van der Waals surface area contributed by atoms with Gasteiger partial charge in [-0.2, -0.15) is 0 Å². The molecule has 18 heavy (non-hydrogen) atoms. The molecule has 0 aliphatic carbocycles. The minimum Gasteiger partial charge on any atom is -0.378 e. The van der Waals surface area contributed by atoms with Gasteiger partial charge in [-0.25, -0.2) is 0 Å². The predicted octanol–water partition coefficient (Wildman–Crippen LogP) is 4.10. The fourth-order valence-electron chi connectivity index (χ4n) is 2.36. The van der Waals surface area contributed by atoms with Crippen molar-refractivity contribution in [2.45, 2.75) is 32.4 Å². The predicted molar refractivity (Wildman–Crippen MR) is 79.1 cm³/mol. The molecule has 0 unspecified atom stereocenters. The first-order valence-corrected chi connectivity index (χ1v) is 7.64. The van der Waals surface area contributed by atoms with Gasteiger partial charge in [0, 0.05) is 35.7 Å². The Balaban J connectivity index is 1.87. The minimum absolute atomic E-state index is 0.451. The lowest BCUT2D eigenvalue weighted by molar-refractivity contribution is 0.0125. The summed E-state index contributed by atoms with van der Waals surface area (Å²) in [6, 6.07) is 6.11. The van der Waals surface area contributed by atoms with Crippen LogP contribution in [0.1, 0.15) is 25.3 Å². The van der Waals surface area contributed by atoms with Crippen molar-refractivity contribution in [3.63, 3.8) is 0 Å². The van der Waals surface area contributed by atoms with Crippen LogP contribution in [0.3, 0.4) is 0 Å². The zero-order valence-corrected chi connectivity index (χ0v) is 13.0. The maximum Gasteiger partial charge on any atom is 0.0599 e. The summed E-state index contributed by atoms with van der Waals surface area (Å²) >= 11 is 9.68. The van der Waals surface area contributed by atoms with Gasteiger partial charge in [0.15, 0.2) is 0 Å². The number of halogens is 2. The molecular weight excluding hydrogens is 314 g/mol. The van der Waals surface area contributed by atoms with Crippen molar-refractivity contribution in [2.75, 3.05) is 19.7 Å². The molecule has 2 rings (SSSR count). The van der Waals surface area contributed by atoms with Gasteiger partial charge in [-0.15, -0.1) is 0 Å². The second-order valence-corrected chi connectivity index (χ2v) is 5.99. The molecule has 100 valence electrons. The van der Waals surface area contributed by atoms with E-state index in [0.717, 1.165) is 48.6 Å². The summed E-state index contributed by atoms with van der Waals surface area (Å²) in [5.74, 6) is 0. The van der Waals surface area contributed by atoms with Gasteiger partial charge in [0.05, 0.1) is 6.10 Å². The van der Waals surface area contributed by atoms with Crippen molar-refractivity contribution >= 4 is 27.5 Å². The smallest absolute Gasteiger partial charge is 0.0599 e. The van der Waals surface area contributed by atoms with Crippen LogP contribution in [0.15, 0.2) is 22.7 Å². The van der Waals surface area contributed by atoms with Crippen molar-refractivity contribution in [2.24, 2.45) is 0 Å². The van der Waals surface area contributed by atoms with Crippen molar-refractivity contribution in [3.8, 4) is 0 Å². The summed E-state index contributed by atoms with van der Waals surface area (Å²) in [7, 11) is 0. The third-order valence-corrected chi connectivity index (χ3v) is 4.19. The number of ether oxygens (including phenoxy) is 1. The zero-order chi connectivity index (χ0) is 13.0. The van der Waals surface area contributed by atoms with Gasteiger partial charge in [0.1, 0.15) is 0 Å². The summed E-state index contributed by atoms with van der Waals surface area (Å²) in [5, 5.41) is 0.844. The van der Waals surface area contributed by atoms with E-state index in [1.807, 2.05) is 12.1 Å². The molecule has 0 N–H and O–H groups in total. The summed E-state index contributed by atoms with van der Waals surface area (Å²) in [6.45, 7) is 6.01. The van der Waals surface area contributed by atoms with Gasteiger partial charge >= 0.3 is 0 Å². The number of likely N-dealkylation sites (tertiary alicyclic amines) is 1. The first kappa shape index (κ1) is 14.3. The van der Waals surface area contributed by atoms with Crippen LogP contribution in [0.4, 0.5) is 0 Å². The van der Waals surface area contributed by atoms with Gasteiger partial charge in [-0.1, -0.05) is 33.6 Å². The number of nitrogens with zero attached hydrogens (tertiary/aromatic N) is 1. The largest absolute Gasteiger partial charge is 0.378 e. The molecule has 1 aliphatic rings. The molecule has 0 amide bonds. The van der Waals surface area contributed by atoms with E-state index in [9.17, 15) is 0 Å². The lowest BCUT2D eigenvalue weighted by Crippen LogP contribution is -2.36. The molecule has 0 spiro atoms. The average molecular weight is 333 g/mol. The van der Waals surface area contributed by atoms with Crippen LogP contribution >= 0.6 is 27.5 Å². The highest BCUT2D eigenvalue weighted by Crippen LogP contribution is 2.24. The van der Waals surface area contributed by atoms with Crippen LogP contribution in [-0.4, -0.2) is 30.7 Å². The van der Waals surface area contributed by atoms with E-state index in [2.05, 4.69) is 33.8 Å². The fraction of sp³-hybridized carbons (Fsp3) is 0.571. The number of piperidine rings is 1. The quantitative estimate of drug-likeness (QED) is 0.823. The van der Waals surface area contributed by atoms with E-state index in [1.54, 1.807) is 0 Å². The van der Waals surface area contributed by atoms with Crippen molar-refractivity contribution in [3.05, 3.63) is 33.3 Å². The molecule has 0 atom stereocenters. The van der Waals surface area contributed by atoms with Crippen LogP contribution in [0.2, 0.25) is 5.02 Å². The number of hydrogen-bond acceptors (Lipinski definition) is 2. The molecule has 1 aromatic carbocycles. The summed E-state index contributed by atoms with van der Waals surface area (Å²) in [6.07, 6.45) is 2.70. The standard InChI is InChI=1S/C14H19BrClNO/c1-2-18-13-5-7-17(8-6-13)10-11-3-4-12(15)9-14(11)16/h3-4,9,13H,2,5-8,10H2,1H3. The maximum atomic E-state index is 6.25. The zero-order valence-electron chi connectivity index (χ0n) is 10.7. The maximum absolute atomic E-state index is 6.25. The molecule has 1 aliphatic heterocycles. The number of hydrogen-bond donors (Lipinski definition) is 0. The molecule has 0 aromatic heterocycles. The van der Waals surface area contributed by atoms with Gasteiger partial charge < -0.3 is 4.74 Å². The molecular formula is C14H19BrClNO. The van der Waals surface area contributed by atoms with Gasteiger partial charge in [-0.05, 0) is 37.5 Å². The highest BCUT2D eigenvalue weighted by Gasteiger charge is 2.19. The molecule has 1 saturated heterocycles. The van der Waals surface area contributed by atoms with Crippen LogP contribution in [-0.2, 0) is 11.3 Å². The number of benzene rings is 1. The van der Waals surface area contributed by atoms with E-state index < -0.39 is 0 Å². The second kappa shape index (κ2) is 6.90. The summed E-state index contributed by atoms with van der Waals surface area (Å²) in [4.78, 5) is 2.45. The highest BCUT2D eigenvalue weighted by molar-refractivity contribution is 9.10. The third kappa shape index (κ3) is 3.95. The Labute approximate surface area is 122 Å². The van der Waals surface area contributed by atoms with Crippen molar-refractivity contribution in [1.82, 2.24) is 4.90 Å². The Hall–Kier alpha value is -0.0900. The first-order chi connectivity index (χ1) is 8.69. The molecule has 4 heteroatoms. The van der Waals surface area contributed by atoms with E-state index in [0.29, 0.717) is 6.10 Å².